The first-order valence-electron chi connectivity index (χ1n) is 10.5. The van der Waals surface area contributed by atoms with Crippen LogP contribution in [0, 0.1) is 0 Å². The monoisotopic (exact) mass is 446 g/mol. The van der Waals surface area contributed by atoms with E-state index in [0.29, 0.717) is 43.0 Å². The van der Waals surface area contributed by atoms with Crippen molar-refractivity contribution in [3.8, 4) is 0 Å². The number of furan rings is 1. The molecule has 1 aromatic heterocycles. The van der Waals surface area contributed by atoms with Gasteiger partial charge in [0.25, 0.3) is 5.91 Å². The van der Waals surface area contributed by atoms with E-state index in [1.807, 2.05) is 36.4 Å². The number of nitrogens with one attached hydrogen (secondary N) is 1. The number of ether oxygens (including phenoxy) is 1. The van der Waals surface area contributed by atoms with Crippen molar-refractivity contribution < 1.29 is 18.7 Å². The Balaban J connectivity index is 1.35. The average molecular weight is 447 g/mol. The molecule has 0 unspecified atom stereocenters. The topological polar surface area (TPSA) is 71.8 Å². The molecule has 6 nitrogen and oxygen atoms in total. The molecule has 1 N–H and O–H groups in total. The van der Waals surface area contributed by atoms with Crippen LogP contribution in [0.2, 0.25) is 0 Å². The van der Waals surface area contributed by atoms with E-state index in [2.05, 4.69) is 29.6 Å². The molecule has 162 valence electrons. The second-order valence-electron chi connectivity index (χ2n) is 7.55. The van der Waals surface area contributed by atoms with E-state index < -0.39 is 0 Å². The lowest BCUT2D eigenvalue weighted by Gasteiger charge is -2.26. The highest BCUT2D eigenvalue weighted by Gasteiger charge is 2.27. The lowest BCUT2D eigenvalue weighted by atomic mass is 10.1. The van der Waals surface area contributed by atoms with Gasteiger partial charge >= 0.3 is 0 Å². The molecule has 3 aromatic carbocycles. The molecule has 7 heteroatoms. The van der Waals surface area contributed by atoms with Crippen molar-refractivity contribution in [2.24, 2.45) is 0 Å². The Morgan fingerprint density at radius 2 is 1.69 bits per heavy atom. The number of nitrogens with zero attached hydrogens (tertiary/aromatic N) is 1. The zero-order valence-electron chi connectivity index (χ0n) is 17.4. The summed E-state index contributed by atoms with van der Waals surface area (Å²) in [5, 5.41) is 5.95. The molecule has 2 amide bonds. The highest BCUT2D eigenvalue weighted by Crippen LogP contribution is 2.32. The quantitative estimate of drug-likeness (QED) is 0.447. The van der Waals surface area contributed by atoms with Gasteiger partial charge in [0.15, 0.2) is 0 Å². The Bertz CT molecular complexity index is 1290. The Hall–Kier alpha value is -3.29. The maximum absolute atomic E-state index is 13.1. The Morgan fingerprint density at radius 1 is 0.938 bits per heavy atom. The number of para-hydroxylation sites is 1. The smallest absolute Gasteiger partial charge is 0.291 e. The van der Waals surface area contributed by atoms with Crippen molar-refractivity contribution in [2.75, 3.05) is 37.4 Å². The second-order valence-corrected chi connectivity index (χ2v) is 8.60. The van der Waals surface area contributed by atoms with Crippen LogP contribution in [0.3, 0.4) is 0 Å². The van der Waals surface area contributed by atoms with Gasteiger partial charge in [0, 0.05) is 23.4 Å². The summed E-state index contributed by atoms with van der Waals surface area (Å²) in [6.07, 6.45) is 0. The van der Waals surface area contributed by atoms with Gasteiger partial charge in [0.1, 0.15) is 11.3 Å². The lowest BCUT2D eigenvalue weighted by molar-refractivity contribution is -0.113. The van der Waals surface area contributed by atoms with Crippen molar-refractivity contribution in [3.05, 3.63) is 72.5 Å². The van der Waals surface area contributed by atoms with Gasteiger partial charge in [-0.1, -0.05) is 42.5 Å². The Morgan fingerprint density at radius 3 is 2.53 bits per heavy atom. The molecule has 1 fully saturated rings. The van der Waals surface area contributed by atoms with Crippen LogP contribution in [0.1, 0.15) is 10.6 Å². The summed E-state index contributed by atoms with van der Waals surface area (Å²) < 4.78 is 11.2. The maximum atomic E-state index is 13.1. The first-order valence-corrected chi connectivity index (χ1v) is 11.5. The van der Waals surface area contributed by atoms with Crippen LogP contribution >= 0.6 is 11.8 Å². The minimum atomic E-state index is -0.234. The van der Waals surface area contributed by atoms with Gasteiger partial charge in [-0.25, -0.2) is 0 Å². The number of hydrogen-bond donors (Lipinski definition) is 1. The van der Waals surface area contributed by atoms with Crippen molar-refractivity contribution in [2.45, 2.75) is 4.90 Å². The molecule has 1 saturated heterocycles. The van der Waals surface area contributed by atoms with Crippen molar-refractivity contribution in [3.63, 3.8) is 0 Å². The van der Waals surface area contributed by atoms with Gasteiger partial charge in [-0.15, -0.1) is 11.8 Å². The number of carbonyl (C=O) groups excluding carboxylic acids is 2. The summed E-state index contributed by atoms with van der Waals surface area (Å²) in [4.78, 5) is 28.6. The molecule has 5 rings (SSSR count). The number of carbonyl (C=O) groups is 2. The number of morpholine rings is 1. The summed E-state index contributed by atoms with van der Waals surface area (Å²) in [5.41, 5.74) is 1.00. The van der Waals surface area contributed by atoms with Crippen molar-refractivity contribution in [1.29, 1.82) is 0 Å². The third-order valence-electron chi connectivity index (χ3n) is 5.44. The average Bonchev–Trinajstić information content (AvgIpc) is 3.21. The van der Waals surface area contributed by atoms with E-state index in [0.717, 1.165) is 15.7 Å². The minimum Gasteiger partial charge on any atom is -0.449 e. The molecule has 0 bridgehead atoms. The largest absolute Gasteiger partial charge is 0.449 e. The molecule has 0 spiro atoms. The molecular formula is C25H22N2O4S. The molecule has 0 saturated carbocycles. The van der Waals surface area contributed by atoms with Gasteiger partial charge in [0.2, 0.25) is 11.7 Å². The van der Waals surface area contributed by atoms with Crippen LogP contribution < -0.4 is 5.32 Å². The summed E-state index contributed by atoms with van der Waals surface area (Å²) in [7, 11) is 0. The number of fused-ring (bicyclic) bond motifs is 2. The molecule has 4 aromatic rings. The number of hydrogen-bond acceptors (Lipinski definition) is 5. The third-order valence-corrected chi connectivity index (χ3v) is 6.44. The van der Waals surface area contributed by atoms with Crippen LogP contribution in [0.25, 0.3) is 21.7 Å². The minimum absolute atomic E-state index is 0.164. The fourth-order valence-corrected chi connectivity index (χ4v) is 4.56. The summed E-state index contributed by atoms with van der Waals surface area (Å²) in [6.45, 7) is 1.99. The predicted octanol–water partition coefficient (Wildman–Crippen LogP) is 4.79. The molecule has 1 aliphatic heterocycles. The number of benzene rings is 3. The summed E-state index contributed by atoms with van der Waals surface area (Å²) >= 11 is 1.46. The summed E-state index contributed by atoms with van der Waals surface area (Å²) in [6, 6.07) is 21.6. The number of thioether (sulfide) groups is 1. The lowest BCUT2D eigenvalue weighted by Crippen LogP contribution is -2.40. The van der Waals surface area contributed by atoms with Gasteiger partial charge in [-0.05, 0) is 35.0 Å². The zero-order valence-corrected chi connectivity index (χ0v) is 18.2. The van der Waals surface area contributed by atoms with E-state index in [1.165, 1.54) is 11.8 Å². The van der Waals surface area contributed by atoms with Crippen molar-refractivity contribution in [1.82, 2.24) is 4.90 Å². The predicted molar refractivity (Wildman–Crippen MR) is 126 cm³/mol. The molecule has 32 heavy (non-hydrogen) atoms. The van der Waals surface area contributed by atoms with Crippen molar-refractivity contribution >= 4 is 51.0 Å². The van der Waals surface area contributed by atoms with Crippen LogP contribution in [-0.4, -0.2) is 48.8 Å². The fourth-order valence-electron chi connectivity index (χ4n) is 3.81. The maximum Gasteiger partial charge on any atom is 0.291 e. The second kappa shape index (κ2) is 9.06. The number of amides is 2. The standard InChI is InChI=1S/C25H22N2O4S/c28-22(16-32-19-10-9-17-5-1-2-6-18(17)15-19)26-23-20-7-3-4-8-21(20)31-24(23)25(29)27-11-13-30-14-12-27/h1-10,15H,11-14,16H2,(H,26,28). The van der Waals surface area contributed by atoms with Crippen LogP contribution in [0.15, 0.2) is 76.0 Å². The van der Waals surface area contributed by atoms with Gasteiger partial charge < -0.3 is 19.4 Å². The molecule has 0 atom stereocenters. The Kier molecular flexibility index (Phi) is 5.83. The van der Waals surface area contributed by atoms with E-state index in [1.54, 1.807) is 11.0 Å². The SMILES string of the molecule is O=C(CSc1ccc2ccccc2c1)Nc1c(C(=O)N2CCOCC2)oc2ccccc12. The molecule has 1 aliphatic rings. The van der Waals surface area contributed by atoms with E-state index in [-0.39, 0.29) is 23.3 Å². The first-order chi connectivity index (χ1) is 15.7. The van der Waals surface area contributed by atoms with Gasteiger partial charge in [-0.2, -0.15) is 0 Å². The summed E-state index contributed by atoms with van der Waals surface area (Å²) in [5.74, 6) is -0.0341. The molecule has 0 aliphatic carbocycles. The zero-order chi connectivity index (χ0) is 21.9. The third kappa shape index (κ3) is 4.22. The highest BCUT2D eigenvalue weighted by molar-refractivity contribution is 8.00. The molecule has 2 heterocycles. The number of rotatable bonds is 5. The van der Waals surface area contributed by atoms with E-state index in [4.69, 9.17) is 9.15 Å². The van der Waals surface area contributed by atoms with Gasteiger partial charge in [0.05, 0.1) is 19.0 Å². The van der Waals surface area contributed by atoms with Crippen LogP contribution in [-0.2, 0) is 9.53 Å². The van der Waals surface area contributed by atoms with Crippen LogP contribution in [0.4, 0.5) is 5.69 Å². The van der Waals surface area contributed by atoms with Gasteiger partial charge in [-0.3, -0.25) is 9.59 Å². The normalized spacial score (nSPS) is 14.1. The molecular weight excluding hydrogens is 424 g/mol. The number of anilines is 1. The van der Waals surface area contributed by atoms with Crippen LogP contribution in [0.5, 0.6) is 0 Å². The first kappa shape index (κ1) is 20.6. The van der Waals surface area contributed by atoms with E-state index in [9.17, 15) is 9.59 Å². The highest BCUT2D eigenvalue weighted by atomic mass is 32.2. The fraction of sp³-hybridized carbons (Fsp3) is 0.200. The van der Waals surface area contributed by atoms with E-state index >= 15 is 0 Å². The molecule has 0 radical (unpaired) electrons. The Labute approximate surface area is 189 Å².